The fraction of sp³-hybridized carbons (Fsp3) is 0.286. The van der Waals surface area contributed by atoms with E-state index in [1.165, 1.54) is 0 Å². The number of thiazole rings is 1. The number of nitrogen functional groups attached to an aromatic ring is 1. The van der Waals surface area contributed by atoms with Crippen LogP contribution >= 0.6 is 11.3 Å². The molecule has 0 aliphatic heterocycles. The normalized spacial score (nSPS) is 11.9. The van der Waals surface area contributed by atoms with Crippen molar-refractivity contribution in [2.75, 3.05) is 17.7 Å². The highest BCUT2D eigenvalue weighted by molar-refractivity contribution is 7.09. The molecule has 6 heteroatoms. The van der Waals surface area contributed by atoms with E-state index in [1.54, 1.807) is 42.7 Å². The second-order valence-corrected chi connectivity index (χ2v) is 5.19. The van der Waals surface area contributed by atoms with E-state index in [4.69, 9.17) is 10.5 Å². The lowest BCUT2D eigenvalue weighted by molar-refractivity contribution is 0.0526. The van der Waals surface area contributed by atoms with Crippen LogP contribution in [0.25, 0.3) is 0 Å². The highest BCUT2D eigenvalue weighted by Gasteiger charge is 2.13. The molecule has 1 atom stereocenters. The largest absolute Gasteiger partial charge is 0.462 e. The van der Waals surface area contributed by atoms with Crippen LogP contribution in [0.15, 0.2) is 29.8 Å². The van der Waals surface area contributed by atoms with Crippen LogP contribution in [0.2, 0.25) is 0 Å². The number of benzene rings is 1. The predicted octanol–water partition coefficient (Wildman–Crippen LogP) is 3.08. The minimum absolute atomic E-state index is 0.0229. The lowest BCUT2D eigenvalue weighted by atomic mass is 10.1. The molecular formula is C14H17N3O2S. The minimum atomic E-state index is -0.350. The van der Waals surface area contributed by atoms with Crippen LogP contribution in [0.1, 0.15) is 35.3 Å². The summed E-state index contributed by atoms with van der Waals surface area (Å²) in [7, 11) is 0. The Hall–Kier alpha value is -2.08. The van der Waals surface area contributed by atoms with Gasteiger partial charge in [-0.25, -0.2) is 9.78 Å². The van der Waals surface area contributed by atoms with Crippen molar-refractivity contribution in [2.45, 2.75) is 19.9 Å². The summed E-state index contributed by atoms with van der Waals surface area (Å²) >= 11 is 1.57. The number of rotatable bonds is 5. The molecule has 0 fully saturated rings. The first-order chi connectivity index (χ1) is 9.61. The molecule has 20 heavy (non-hydrogen) atoms. The van der Waals surface area contributed by atoms with E-state index in [0.29, 0.717) is 23.5 Å². The highest BCUT2D eigenvalue weighted by Crippen LogP contribution is 2.26. The molecule has 3 N–H and O–H groups in total. The van der Waals surface area contributed by atoms with Gasteiger partial charge in [0.1, 0.15) is 5.01 Å². The molecule has 1 heterocycles. The molecule has 0 aliphatic rings. The van der Waals surface area contributed by atoms with Crippen LogP contribution in [-0.2, 0) is 4.74 Å². The number of ether oxygens (including phenoxy) is 1. The molecule has 2 aromatic rings. The number of nitrogens with two attached hydrogens (primary N) is 1. The van der Waals surface area contributed by atoms with E-state index in [2.05, 4.69) is 10.3 Å². The zero-order valence-corrected chi connectivity index (χ0v) is 12.2. The molecule has 0 radical (unpaired) electrons. The number of nitrogens with zero attached hydrogens (tertiary/aromatic N) is 1. The van der Waals surface area contributed by atoms with Gasteiger partial charge in [0, 0.05) is 11.6 Å². The van der Waals surface area contributed by atoms with Gasteiger partial charge in [-0.05, 0) is 32.0 Å². The Morgan fingerprint density at radius 3 is 3.00 bits per heavy atom. The molecule has 1 unspecified atom stereocenters. The lowest BCUT2D eigenvalue weighted by Gasteiger charge is -2.15. The summed E-state index contributed by atoms with van der Waals surface area (Å²) in [5, 5.41) is 6.15. The van der Waals surface area contributed by atoms with Gasteiger partial charge in [-0.1, -0.05) is 0 Å². The van der Waals surface area contributed by atoms with Gasteiger partial charge in [-0.2, -0.15) is 0 Å². The fourth-order valence-corrected chi connectivity index (χ4v) is 2.41. The number of carbonyl (C=O) groups excluding carboxylic acids is 1. The molecule has 2 rings (SSSR count). The maximum absolute atomic E-state index is 11.7. The summed E-state index contributed by atoms with van der Waals surface area (Å²) in [6.45, 7) is 4.12. The summed E-state index contributed by atoms with van der Waals surface area (Å²) < 4.78 is 4.98. The van der Waals surface area contributed by atoms with Crippen LogP contribution in [-0.4, -0.2) is 17.6 Å². The molecule has 0 aliphatic carbocycles. The maximum Gasteiger partial charge on any atom is 0.338 e. The first kappa shape index (κ1) is 14.3. The number of nitrogens with one attached hydrogen (secondary N) is 1. The van der Waals surface area contributed by atoms with Gasteiger partial charge in [0.15, 0.2) is 0 Å². The van der Waals surface area contributed by atoms with E-state index in [1.807, 2.05) is 12.3 Å². The predicted molar refractivity (Wildman–Crippen MR) is 81.0 cm³/mol. The molecule has 0 spiro atoms. The van der Waals surface area contributed by atoms with Gasteiger partial charge in [0.25, 0.3) is 0 Å². The Balaban J connectivity index is 2.18. The second kappa shape index (κ2) is 6.38. The molecule has 0 saturated heterocycles. The zero-order valence-electron chi connectivity index (χ0n) is 11.4. The second-order valence-electron chi connectivity index (χ2n) is 4.26. The average Bonchev–Trinajstić information content (AvgIpc) is 2.95. The van der Waals surface area contributed by atoms with Crippen molar-refractivity contribution < 1.29 is 9.53 Å². The van der Waals surface area contributed by atoms with Crippen LogP contribution in [0, 0.1) is 0 Å². The molecular weight excluding hydrogens is 274 g/mol. The van der Waals surface area contributed by atoms with Crippen molar-refractivity contribution in [1.82, 2.24) is 4.98 Å². The van der Waals surface area contributed by atoms with Crippen LogP contribution in [0.4, 0.5) is 11.4 Å². The summed E-state index contributed by atoms with van der Waals surface area (Å²) in [5.41, 5.74) is 7.71. The quantitative estimate of drug-likeness (QED) is 0.654. The van der Waals surface area contributed by atoms with Crippen molar-refractivity contribution in [3.63, 3.8) is 0 Å². The number of hydrogen-bond acceptors (Lipinski definition) is 6. The van der Waals surface area contributed by atoms with Crippen molar-refractivity contribution in [3.05, 3.63) is 40.3 Å². The van der Waals surface area contributed by atoms with E-state index < -0.39 is 0 Å². The highest BCUT2D eigenvalue weighted by atomic mass is 32.1. The number of esters is 1. The third kappa shape index (κ3) is 3.27. The topological polar surface area (TPSA) is 77.2 Å². The van der Waals surface area contributed by atoms with Crippen molar-refractivity contribution in [3.8, 4) is 0 Å². The van der Waals surface area contributed by atoms with Crippen molar-refractivity contribution in [1.29, 1.82) is 0 Å². The standard InChI is InChI=1S/C14H17N3O2S/c1-3-19-14(18)10-4-5-11(15)12(8-10)17-9(2)13-16-6-7-20-13/h4-9,17H,3,15H2,1-2H3. The monoisotopic (exact) mass is 291 g/mol. The summed E-state index contributed by atoms with van der Waals surface area (Å²) in [6.07, 6.45) is 1.76. The SMILES string of the molecule is CCOC(=O)c1ccc(N)c(NC(C)c2nccs2)c1. The fourth-order valence-electron chi connectivity index (χ4n) is 1.77. The number of hydrogen-bond donors (Lipinski definition) is 2. The van der Waals surface area contributed by atoms with Gasteiger partial charge in [0.2, 0.25) is 0 Å². The summed E-state index contributed by atoms with van der Waals surface area (Å²) in [5.74, 6) is -0.350. The maximum atomic E-state index is 11.7. The molecule has 1 aromatic heterocycles. The molecule has 0 saturated carbocycles. The van der Waals surface area contributed by atoms with E-state index >= 15 is 0 Å². The van der Waals surface area contributed by atoms with E-state index in [9.17, 15) is 4.79 Å². The first-order valence-electron chi connectivity index (χ1n) is 6.34. The Bertz CT molecular complexity index is 584. The van der Waals surface area contributed by atoms with Gasteiger partial charge in [0.05, 0.1) is 29.6 Å². The van der Waals surface area contributed by atoms with Gasteiger partial charge < -0.3 is 15.8 Å². The Labute approximate surface area is 121 Å². The third-order valence-corrected chi connectivity index (χ3v) is 3.72. The van der Waals surface area contributed by atoms with Crippen molar-refractivity contribution in [2.24, 2.45) is 0 Å². The molecule has 106 valence electrons. The number of carbonyl (C=O) groups is 1. The Morgan fingerprint density at radius 2 is 2.35 bits per heavy atom. The first-order valence-corrected chi connectivity index (χ1v) is 7.22. The molecule has 0 amide bonds. The van der Waals surface area contributed by atoms with Crippen LogP contribution in [0.3, 0.4) is 0 Å². The van der Waals surface area contributed by atoms with Gasteiger partial charge >= 0.3 is 5.97 Å². The smallest absolute Gasteiger partial charge is 0.338 e. The van der Waals surface area contributed by atoms with E-state index in [0.717, 1.165) is 5.01 Å². The Morgan fingerprint density at radius 1 is 1.55 bits per heavy atom. The van der Waals surface area contributed by atoms with Gasteiger partial charge in [-0.15, -0.1) is 11.3 Å². The van der Waals surface area contributed by atoms with Gasteiger partial charge in [-0.3, -0.25) is 0 Å². The Kier molecular flexibility index (Phi) is 4.57. The zero-order chi connectivity index (χ0) is 14.5. The van der Waals surface area contributed by atoms with E-state index in [-0.39, 0.29) is 12.0 Å². The number of aromatic nitrogens is 1. The molecule has 0 bridgehead atoms. The van der Waals surface area contributed by atoms with Crippen LogP contribution < -0.4 is 11.1 Å². The average molecular weight is 291 g/mol. The minimum Gasteiger partial charge on any atom is -0.462 e. The molecule has 1 aromatic carbocycles. The lowest BCUT2D eigenvalue weighted by Crippen LogP contribution is -2.10. The summed E-state index contributed by atoms with van der Waals surface area (Å²) in [6, 6.07) is 5.09. The molecule has 5 nitrogen and oxygen atoms in total. The third-order valence-electron chi connectivity index (χ3n) is 2.76. The number of anilines is 2. The van der Waals surface area contributed by atoms with Crippen molar-refractivity contribution >= 4 is 28.7 Å². The summed E-state index contributed by atoms with van der Waals surface area (Å²) in [4.78, 5) is 16.0. The van der Waals surface area contributed by atoms with Crippen LogP contribution in [0.5, 0.6) is 0 Å².